The number of hydrogen-bond acceptors (Lipinski definition) is 7. The molecule has 2 aromatic heterocycles. The van der Waals surface area contributed by atoms with Gasteiger partial charge in [-0.25, -0.2) is 4.79 Å². The van der Waals surface area contributed by atoms with Crippen LogP contribution in [0.3, 0.4) is 0 Å². The summed E-state index contributed by atoms with van der Waals surface area (Å²) in [5.74, 6) is -0.494. The number of ether oxygens (including phenoxy) is 3. The molecule has 0 spiro atoms. The average molecular weight is 472 g/mol. The summed E-state index contributed by atoms with van der Waals surface area (Å²) < 4.78 is 56.0. The Labute approximate surface area is 185 Å². The van der Waals surface area contributed by atoms with Crippen LogP contribution in [0.15, 0.2) is 33.9 Å². The number of fused-ring (bicyclic) bond motifs is 1. The van der Waals surface area contributed by atoms with Crippen molar-refractivity contribution < 1.29 is 32.5 Å². The minimum absolute atomic E-state index is 0.00815. The van der Waals surface area contributed by atoms with Gasteiger partial charge in [0.25, 0.3) is 5.56 Å². The summed E-state index contributed by atoms with van der Waals surface area (Å²) in [7, 11) is 2.95. The third kappa shape index (κ3) is 5.54. The van der Waals surface area contributed by atoms with Crippen molar-refractivity contribution in [1.82, 2.24) is 18.7 Å². The van der Waals surface area contributed by atoms with Crippen LogP contribution >= 0.6 is 0 Å². The second-order valence-corrected chi connectivity index (χ2v) is 7.06. The maximum absolute atomic E-state index is 13.1. The number of rotatable bonds is 10. The van der Waals surface area contributed by atoms with Crippen LogP contribution in [0.4, 0.5) is 13.2 Å². The molecule has 0 saturated heterocycles. The van der Waals surface area contributed by atoms with Gasteiger partial charge in [-0.2, -0.15) is 4.98 Å². The fraction of sp³-hybridized carbons (Fsp3) is 0.450. The standard InChI is InChI=1S/C20H23F3N4O6/c1-25-16-15(17(29)27(19(25)30)8-4-10-28)26(9-5-11-31-2)18(24-16)32-13-6-3-7-14(12-13)33-20(21,22)23/h3,6-7,12,28H,4-5,8-11H2,1-2H3. The molecule has 33 heavy (non-hydrogen) atoms. The molecule has 2 heterocycles. The molecular weight excluding hydrogens is 449 g/mol. The number of halogens is 3. The number of alkyl halides is 3. The van der Waals surface area contributed by atoms with Crippen molar-refractivity contribution in [2.24, 2.45) is 7.05 Å². The van der Waals surface area contributed by atoms with Crippen molar-refractivity contribution >= 4 is 11.2 Å². The molecule has 0 bridgehead atoms. The van der Waals surface area contributed by atoms with Gasteiger partial charge in [0.05, 0.1) is 0 Å². The fourth-order valence-electron chi connectivity index (χ4n) is 3.27. The highest BCUT2D eigenvalue weighted by Gasteiger charge is 2.31. The zero-order valence-corrected chi connectivity index (χ0v) is 18.0. The van der Waals surface area contributed by atoms with Gasteiger partial charge in [0.15, 0.2) is 11.2 Å². The van der Waals surface area contributed by atoms with Gasteiger partial charge in [0, 0.05) is 46.5 Å². The van der Waals surface area contributed by atoms with Crippen LogP contribution in [0, 0.1) is 0 Å². The number of aliphatic hydroxyl groups excluding tert-OH is 1. The van der Waals surface area contributed by atoms with E-state index in [4.69, 9.17) is 14.6 Å². The lowest BCUT2D eigenvalue weighted by atomic mass is 10.3. The summed E-state index contributed by atoms with van der Waals surface area (Å²) in [4.78, 5) is 30.0. The molecule has 1 aromatic carbocycles. The highest BCUT2D eigenvalue weighted by molar-refractivity contribution is 5.72. The zero-order chi connectivity index (χ0) is 24.2. The minimum Gasteiger partial charge on any atom is -0.425 e. The van der Waals surface area contributed by atoms with Crippen LogP contribution in [-0.4, -0.2) is 50.5 Å². The highest BCUT2D eigenvalue weighted by atomic mass is 19.4. The smallest absolute Gasteiger partial charge is 0.425 e. The Balaban J connectivity index is 2.11. The van der Waals surface area contributed by atoms with Crippen molar-refractivity contribution in [2.45, 2.75) is 32.3 Å². The molecule has 3 rings (SSSR count). The van der Waals surface area contributed by atoms with Crippen molar-refractivity contribution in [3.63, 3.8) is 0 Å². The van der Waals surface area contributed by atoms with Crippen molar-refractivity contribution in [1.29, 1.82) is 0 Å². The first-order chi connectivity index (χ1) is 15.7. The monoisotopic (exact) mass is 472 g/mol. The Morgan fingerprint density at radius 3 is 2.45 bits per heavy atom. The fourth-order valence-corrected chi connectivity index (χ4v) is 3.27. The van der Waals surface area contributed by atoms with E-state index in [1.165, 1.54) is 35.4 Å². The van der Waals surface area contributed by atoms with E-state index in [-0.39, 0.29) is 49.0 Å². The molecule has 0 radical (unpaired) electrons. The molecule has 10 nitrogen and oxygen atoms in total. The van der Waals surface area contributed by atoms with Crippen LogP contribution in [0.25, 0.3) is 11.2 Å². The molecule has 0 atom stereocenters. The van der Waals surface area contributed by atoms with Gasteiger partial charge in [0.2, 0.25) is 0 Å². The summed E-state index contributed by atoms with van der Waals surface area (Å²) in [5.41, 5.74) is -1.09. The predicted octanol–water partition coefficient (Wildman–Crippen LogP) is 2.01. The number of hydrogen-bond donors (Lipinski definition) is 1. The van der Waals surface area contributed by atoms with E-state index in [0.717, 1.165) is 16.7 Å². The molecule has 13 heteroatoms. The van der Waals surface area contributed by atoms with Crippen LogP contribution in [0.2, 0.25) is 0 Å². The SMILES string of the molecule is COCCCn1c(Oc2cccc(OC(F)(F)F)c2)nc2c1c(=O)n(CCCO)c(=O)n2C. The molecule has 0 saturated carbocycles. The third-order valence-corrected chi connectivity index (χ3v) is 4.72. The van der Waals surface area contributed by atoms with Crippen molar-refractivity contribution in [3.05, 3.63) is 45.1 Å². The van der Waals surface area contributed by atoms with Gasteiger partial charge < -0.3 is 19.3 Å². The lowest BCUT2D eigenvalue weighted by Gasteiger charge is -2.12. The van der Waals surface area contributed by atoms with Gasteiger partial charge in [0.1, 0.15) is 11.5 Å². The lowest BCUT2D eigenvalue weighted by molar-refractivity contribution is -0.274. The Hall–Kier alpha value is -3.32. The molecule has 0 unspecified atom stereocenters. The van der Waals surface area contributed by atoms with E-state index in [0.29, 0.717) is 13.0 Å². The van der Waals surface area contributed by atoms with Gasteiger partial charge >= 0.3 is 18.1 Å². The van der Waals surface area contributed by atoms with Crippen molar-refractivity contribution in [2.75, 3.05) is 20.3 Å². The summed E-state index contributed by atoms with van der Waals surface area (Å²) in [6, 6.07) is 4.78. The van der Waals surface area contributed by atoms with Gasteiger partial charge in [-0.05, 0) is 25.0 Å². The molecule has 0 fully saturated rings. The molecule has 180 valence electrons. The van der Waals surface area contributed by atoms with Crippen LogP contribution in [0.5, 0.6) is 17.5 Å². The van der Waals surface area contributed by atoms with E-state index >= 15 is 0 Å². The van der Waals surface area contributed by atoms with Gasteiger partial charge in [-0.1, -0.05) is 6.07 Å². The largest absolute Gasteiger partial charge is 0.573 e. The number of benzene rings is 1. The molecule has 0 aliphatic rings. The predicted molar refractivity (Wildman–Crippen MR) is 111 cm³/mol. The second kappa shape index (κ2) is 10.1. The molecule has 1 N–H and O–H groups in total. The highest BCUT2D eigenvalue weighted by Crippen LogP contribution is 2.29. The normalized spacial score (nSPS) is 11.8. The first kappa shape index (κ1) is 24.3. The summed E-state index contributed by atoms with van der Waals surface area (Å²) in [5, 5.41) is 9.09. The van der Waals surface area contributed by atoms with Crippen LogP contribution < -0.4 is 20.7 Å². The molecule has 0 aliphatic heterocycles. The first-order valence-electron chi connectivity index (χ1n) is 9.99. The summed E-state index contributed by atoms with van der Waals surface area (Å²) in [6.07, 6.45) is -4.20. The van der Waals surface area contributed by atoms with Crippen LogP contribution in [0.1, 0.15) is 12.8 Å². The van der Waals surface area contributed by atoms with E-state index in [2.05, 4.69) is 9.72 Å². The van der Waals surface area contributed by atoms with E-state index in [1.54, 1.807) is 0 Å². The van der Waals surface area contributed by atoms with Crippen molar-refractivity contribution in [3.8, 4) is 17.5 Å². The average Bonchev–Trinajstić information content (AvgIpc) is 3.10. The number of aryl methyl sites for hydroxylation is 2. The Bertz CT molecular complexity index is 1230. The van der Waals surface area contributed by atoms with Gasteiger partial charge in [-0.3, -0.25) is 18.5 Å². The zero-order valence-electron chi connectivity index (χ0n) is 18.0. The molecule has 3 aromatic rings. The number of methoxy groups -OCH3 is 1. The third-order valence-electron chi connectivity index (χ3n) is 4.72. The van der Waals surface area contributed by atoms with E-state index in [1.807, 2.05) is 0 Å². The van der Waals surface area contributed by atoms with Crippen LogP contribution in [-0.2, 0) is 24.9 Å². The summed E-state index contributed by atoms with van der Waals surface area (Å²) in [6.45, 7) is 0.393. The maximum atomic E-state index is 13.1. The first-order valence-corrected chi connectivity index (χ1v) is 9.99. The van der Waals surface area contributed by atoms with Gasteiger partial charge in [-0.15, -0.1) is 13.2 Å². The lowest BCUT2D eigenvalue weighted by Crippen LogP contribution is -2.39. The quantitative estimate of drug-likeness (QED) is 0.450. The van der Waals surface area contributed by atoms with E-state index in [9.17, 15) is 22.8 Å². The number of nitrogens with zero attached hydrogens (tertiary/aromatic N) is 4. The Morgan fingerprint density at radius 2 is 1.79 bits per heavy atom. The summed E-state index contributed by atoms with van der Waals surface area (Å²) >= 11 is 0. The minimum atomic E-state index is -4.87. The Morgan fingerprint density at radius 1 is 1.09 bits per heavy atom. The maximum Gasteiger partial charge on any atom is 0.573 e. The Kier molecular flexibility index (Phi) is 7.43. The number of imidazole rings is 1. The molecular formula is C20H23F3N4O6. The topological polar surface area (TPSA) is 110 Å². The molecule has 0 amide bonds. The second-order valence-electron chi connectivity index (χ2n) is 7.06. The number of aliphatic hydroxyl groups is 1. The number of aromatic nitrogens is 4. The molecule has 0 aliphatic carbocycles. The van der Waals surface area contributed by atoms with E-state index < -0.39 is 23.4 Å².